The first kappa shape index (κ1) is 17.3. The molecule has 0 bridgehead atoms. The van der Waals surface area contributed by atoms with E-state index >= 15 is 0 Å². The van der Waals surface area contributed by atoms with Gasteiger partial charge in [-0.15, -0.1) is 0 Å². The molecule has 4 nitrogen and oxygen atoms in total. The van der Waals surface area contributed by atoms with Crippen molar-refractivity contribution in [3.05, 3.63) is 58.1 Å². The van der Waals surface area contributed by atoms with Gasteiger partial charge in [0.2, 0.25) is 5.91 Å². The molecule has 2 aromatic rings. The van der Waals surface area contributed by atoms with Gasteiger partial charge in [0.05, 0.1) is 16.1 Å². The molecule has 0 aromatic heterocycles. The van der Waals surface area contributed by atoms with Gasteiger partial charge < -0.3 is 10.6 Å². The Kier molecular flexibility index (Phi) is 4.43. The van der Waals surface area contributed by atoms with Gasteiger partial charge in [0.25, 0.3) is 5.91 Å². The number of amides is 2. The average molecular weight is 369 g/mol. The molecule has 1 aliphatic heterocycles. The Labute approximate surface area is 146 Å². The minimum absolute atomic E-state index is 0.0833. The van der Waals surface area contributed by atoms with Gasteiger partial charge in [0.1, 0.15) is 0 Å². The fraction of sp³-hybridized carbons (Fsp3) is 0.176. The summed E-state index contributed by atoms with van der Waals surface area (Å²) in [5.41, 5.74) is 0.588. The fourth-order valence-electron chi connectivity index (χ4n) is 2.59. The standard InChI is InChI=1S/C17H12ClF3N2O2/c18-15-11(2-1-3-12(15)17(19,20)21)16(25)22-10-5-6-13-9(8-10)4-7-14(24)23-13/h1-3,5-6,8H,4,7H2,(H,22,25)(H,23,24). The lowest BCUT2D eigenvalue weighted by Crippen LogP contribution is -2.19. The van der Waals surface area contributed by atoms with Crippen molar-refractivity contribution in [2.45, 2.75) is 19.0 Å². The molecule has 3 rings (SSSR count). The maximum atomic E-state index is 12.9. The third-order valence-electron chi connectivity index (χ3n) is 3.81. The maximum Gasteiger partial charge on any atom is 0.417 e. The molecule has 0 spiro atoms. The summed E-state index contributed by atoms with van der Waals surface area (Å²) in [6, 6.07) is 8.05. The quantitative estimate of drug-likeness (QED) is 0.820. The van der Waals surface area contributed by atoms with Gasteiger partial charge in [-0.05, 0) is 42.3 Å². The van der Waals surface area contributed by atoms with E-state index in [9.17, 15) is 22.8 Å². The molecule has 0 saturated heterocycles. The third-order valence-corrected chi connectivity index (χ3v) is 4.21. The van der Waals surface area contributed by atoms with E-state index in [-0.39, 0.29) is 11.5 Å². The number of benzene rings is 2. The van der Waals surface area contributed by atoms with Crippen LogP contribution in [0.1, 0.15) is 27.9 Å². The first-order valence-electron chi connectivity index (χ1n) is 7.35. The number of fused-ring (bicyclic) bond motifs is 1. The van der Waals surface area contributed by atoms with Gasteiger partial charge in [-0.25, -0.2) is 0 Å². The second kappa shape index (κ2) is 6.40. The molecule has 2 amide bonds. The van der Waals surface area contributed by atoms with E-state index in [1.54, 1.807) is 18.2 Å². The summed E-state index contributed by atoms with van der Waals surface area (Å²) in [4.78, 5) is 23.6. The van der Waals surface area contributed by atoms with Crippen LogP contribution < -0.4 is 10.6 Å². The molecule has 0 radical (unpaired) electrons. The third kappa shape index (κ3) is 3.61. The lowest BCUT2D eigenvalue weighted by atomic mass is 10.0. The predicted octanol–water partition coefficient (Wildman–Crippen LogP) is 4.50. The Balaban J connectivity index is 1.85. The van der Waals surface area contributed by atoms with Crippen LogP contribution in [0.15, 0.2) is 36.4 Å². The zero-order valence-corrected chi connectivity index (χ0v) is 13.5. The molecule has 2 aromatic carbocycles. The van der Waals surface area contributed by atoms with Crippen LogP contribution in [0.4, 0.5) is 24.5 Å². The van der Waals surface area contributed by atoms with Gasteiger partial charge in [-0.3, -0.25) is 9.59 Å². The molecule has 0 aliphatic carbocycles. The molecule has 2 N–H and O–H groups in total. The second-order valence-electron chi connectivity index (χ2n) is 5.54. The molecule has 0 fully saturated rings. The highest BCUT2D eigenvalue weighted by molar-refractivity contribution is 6.35. The Morgan fingerprint density at radius 3 is 2.64 bits per heavy atom. The number of hydrogen-bond donors (Lipinski definition) is 2. The van der Waals surface area contributed by atoms with E-state index in [1.807, 2.05) is 0 Å². The average Bonchev–Trinajstić information content (AvgIpc) is 2.54. The maximum absolute atomic E-state index is 12.9. The largest absolute Gasteiger partial charge is 0.417 e. The van der Waals surface area contributed by atoms with Gasteiger partial charge in [-0.1, -0.05) is 17.7 Å². The first-order chi connectivity index (χ1) is 11.8. The molecule has 1 heterocycles. The van der Waals surface area contributed by atoms with E-state index in [1.165, 1.54) is 6.07 Å². The fourth-order valence-corrected chi connectivity index (χ4v) is 2.90. The molecule has 1 aliphatic rings. The van der Waals surface area contributed by atoms with Crippen molar-refractivity contribution in [3.8, 4) is 0 Å². The summed E-state index contributed by atoms with van der Waals surface area (Å²) in [5, 5.41) is 4.60. The van der Waals surface area contributed by atoms with Crippen LogP contribution in [-0.2, 0) is 17.4 Å². The lowest BCUT2D eigenvalue weighted by molar-refractivity contribution is -0.137. The number of rotatable bonds is 2. The van der Waals surface area contributed by atoms with E-state index < -0.39 is 22.7 Å². The van der Waals surface area contributed by atoms with E-state index in [4.69, 9.17) is 11.6 Å². The highest BCUT2D eigenvalue weighted by Crippen LogP contribution is 2.36. The van der Waals surface area contributed by atoms with Crippen LogP contribution in [0, 0.1) is 0 Å². The van der Waals surface area contributed by atoms with Crippen LogP contribution in [-0.4, -0.2) is 11.8 Å². The number of carbonyl (C=O) groups is 2. The Morgan fingerprint density at radius 2 is 1.92 bits per heavy atom. The highest BCUT2D eigenvalue weighted by atomic mass is 35.5. The van der Waals surface area contributed by atoms with Crippen molar-refractivity contribution in [3.63, 3.8) is 0 Å². The summed E-state index contributed by atoms with van der Waals surface area (Å²) in [6.45, 7) is 0. The number of aryl methyl sites for hydroxylation is 1. The molecule has 0 atom stereocenters. The lowest BCUT2D eigenvalue weighted by Gasteiger charge is -2.18. The smallest absolute Gasteiger partial charge is 0.326 e. The number of nitrogens with one attached hydrogen (secondary N) is 2. The van der Waals surface area contributed by atoms with E-state index in [0.29, 0.717) is 24.2 Å². The van der Waals surface area contributed by atoms with E-state index in [2.05, 4.69) is 10.6 Å². The summed E-state index contributed by atoms with van der Waals surface area (Å²) in [6.07, 6.45) is -3.78. The first-order valence-corrected chi connectivity index (χ1v) is 7.73. The number of carbonyl (C=O) groups excluding carboxylic acids is 2. The second-order valence-corrected chi connectivity index (χ2v) is 5.92. The number of anilines is 2. The Hall–Kier alpha value is -2.54. The minimum atomic E-state index is -4.64. The predicted molar refractivity (Wildman–Crippen MR) is 87.8 cm³/mol. The number of hydrogen-bond acceptors (Lipinski definition) is 2. The van der Waals surface area contributed by atoms with Crippen LogP contribution >= 0.6 is 11.6 Å². The van der Waals surface area contributed by atoms with Crippen molar-refractivity contribution in [2.75, 3.05) is 10.6 Å². The summed E-state index contributed by atoms with van der Waals surface area (Å²) in [5.74, 6) is -0.823. The topological polar surface area (TPSA) is 58.2 Å². The monoisotopic (exact) mass is 368 g/mol. The molecule has 0 unspecified atom stereocenters. The summed E-state index contributed by atoms with van der Waals surface area (Å²) < 4.78 is 38.7. The molecular weight excluding hydrogens is 357 g/mol. The summed E-state index contributed by atoms with van der Waals surface area (Å²) >= 11 is 5.76. The molecule has 25 heavy (non-hydrogen) atoms. The molecular formula is C17H12ClF3N2O2. The van der Waals surface area contributed by atoms with Crippen LogP contribution in [0.5, 0.6) is 0 Å². The van der Waals surface area contributed by atoms with Crippen LogP contribution in [0.2, 0.25) is 5.02 Å². The summed E-state index contributed by atoms with van der Waals surface area (Å²) in [7, 11) is 0. The van der Waals surface area contributed by atoms with Gasteiger partial charge >= 0.3 is 6.18 Å². The zero-order valence-electron chi connectivity index (χ0n) is 12.7. The normalized spacial score (nSPS) is 13.8. The Bertz CT molecular complexity index is 865. The van der Waals surface area contributed by atoms with E-state index in [0.717, 1.165) is 17.7 Å². The van der Waals surface area contributed by atoms with Crippen molar-refractivity contribution in [1.82, 2.24) is 0 Å². The van der Waals surface area contributed by atoms with Gasteiger partial charge in [0.15, 0.2) is 0 Å². The highest BCUT2D eigenvalue weighted by Gasteiger charge is 2.34. The molecule has 0 saturated carbocycles. The molecule has 130 valence electrons. The van der Waals surface area contributed by atoms with Crippen LogP contribution in [0.3, 0.4) is 0 Å². The van der Waals surface area contributed by atoms with Crippen molar-refractivity contribution >= 4 is 34.8 Å². The van der Waals surface area contributed by atoms with Crippen molar-refractivity contribution < 1.29 is 22.8 Å². The number of halogens is 4. The van der Waals surface area contributed by atoms with Gasteiger partial charge in [0, 0.05) is 17.8 Å². The Morgan fingerprint density at radius 1 is 1.16 bits per heavy atom. The minimum Gasteiger partial charge on any atom is -0.326 e. The van der Waals surface area contributed by atoms with Crippen molar-refractivity contribution in [1.29, 1.82) is 0 Å². The van der Waals surface area contributed by atoms with Gasteiger partial charge in [-0.2, -0.15) is 13.2 Å². The van der Waals surface area contributed by atoms with Crippen molar-refractivity contribution in [2.24, 2.45) is 0 Å². The molecule has 8 heteroatoms. The SMILES string of the molecule is O=C1CCc2cc(NC(=O)c3cccc(C(F)(F)F)c3Cl)ccc2N1. The van der Waals surface area contributed by atoms with Crippen LogP contribution in [0.25, 0.3) is 0 Å². The number of alkyl halides is 3. The zero-order chi connectivity index (χ0) is 18.2.